The fraction of sp³-hybridized carbons (Fsp3) is 0.474. The second-order valence-corrected chi connectivity index (χ2v) is 6.01. The van der Waals surface area contributed by atoms with E-state index in [1.54, 1.807) is 0 Å². The maximum Gasteiger partial charge on any atom is 0.122 e. The average molecular weight is 321 g/mol. The van der Waals surface area contributed by atoms with Crippen molar-refractivity contribution in [1.82, 2.24) is 0 Å². The van der Waals surface area contributed by atoms with Crippen molar-refractivity contribution in [2.75, 3.05) is 0 Å². The van der Waals surface area contributed by atoms with Crippen LogP contribution in [-0.2, 0) is 0 Å². The molecule has 112 valence electrons. The number of hydrogen-bond donors (Lipinski definition) is 0. The van der Waals surface area contributed by atoms with Gasteiger partial charge in [0.1, 0.15) is 10.8 Å². The van der Waals surface area contributed by atoms with E-state index in [1.807, 2.05) is 31.2 Å². The van der Waals surface area contributed by atoms with Gasteiger partial charge in [0, 0.05) is 12.0 Å². The Balaban J connectivity index is 2.42. The summed E-state index contributed by atoms with van der Waals surface area (Å²) in [5, 5.41) is -0.869. The third-order valence-corrected chi connectivity index (χ3v) is 3.91. The van der Waals surface area contributed by atoms with Crippen LogP contribution in [0.4, 0.5) is 0 Å². The lowest BCUT2D eigenvalue weighted by Gasteiger charge is -2.02. The number of halogens is 2. The van der Waals surface area contributed by atoms with E-state index in [-0.39, 0.29) is 0 Å². The van der Waals surface area contributed by atoms with Gasteiger partial charge in [0.2, 0.25) is 0 Å². The fourth-order valence-electron chi connectivity index (χ4n) is 1.75. The van der Waals surface area contributed by atoms with Crippen molar-refractivity contribution in [3.63, 3.8) is 0 Å². The van der Waals surface area contributed by atoms with Gasteiger partial charge in [0.25, 0.3) is 0 Å². The largest absolute Gasteiger partial charge is 0.122 e. The van der Waals surface area contributed by atoms with Crippen molar-refractivity contribution in [3.05, 3.63) is 35.4 Å². The molecular weight excluding hydrogens is 299 g/mol. The molecule has 1 aromatic carbocycles. The minimum absolute atomic E-state index is 0.421. The Labute approximate surface area is 139 Å². The van der Waals surface area contributed by atoms with E-state index in [9.17, 15) is 0 Å². The summed E-state index contributed by atoms with van der Waals surface area (Å²) < 4.78 is 0. The smallest absolute Gasteiger partial charge is 0.106 e. The van der Waals surface area contributed by atoms with Crippen LogP contribution < -0.4 is 0 Å². The average Bonchev–Trinajstić information content (AvgIpc) is 2.49. The molecule has 0 amide bonds. The maximum atomic E-state index is 6.17. The molecule has 0 aliphatic carbocycles. The minimum Gasteiger partial charge on any atom is -0.106 e. The van der Waals surface area contributed by atoms with Gasteiger partial charge in [-0.25, -0.2) is 0 Å². The van der Waals surface area contributed by atoms with Gasteiger partial charge in [0.15, 0.2) is 0 Å². The predicted octanol–water partition coefficient (Wildman–Crippen LogP) is 5.54. The van der Waals surface area contributed by atoms with E-state index in [4.69, 9.17) is 23.2 Å². The third-order valence-electron chi connectivity index (χ3n) is 3.06. The molecule has 0 heterocycles. The Hall–Kier alpha value is -1.08. The molecule has 0 nitrogen and oxygen atoms in total. The highest BCUT2D eigenvalue weighted by molar-refractivity contribution is 6.32. The van der Waals surface area contributed by atoms with Gasteiger partial charge >= 0.3 is 0 Å². The molecule has 1 aromatic rings. The standard InChI is InChI=1S/C19H22Cl2/c1-3-4-5-6-7-8-9-18(20)19(21)15-14-17-12-10-16(2)11-13-17/h10-13,18-19H,3-7H2,1-2H3. The van der Waals surface area contributed by atoms with Crippen molar-refractivity contribution in [1.29, 1.82) is 0 Å². The Bertz CT molecular complexity index is 523. The van der Waals surface area contributed by atoms with Gasteiger partial charge in [-0.3, -0.25) is 0 Å². The molecule has 21 heavy (non-hydrogen) atoms. The molecule has 0 radical (unpaired) electrons. The first-order valence-corrected chi connectivity index (χ1v) is 8.35. The van der Waals surface area contributed by atoms with Crippen molar-refractivity contribution < 1.29 is 0 Å². The fourth-order valence-corrected chi connectivity index (χ4v) is 2.00. The highest BCUT2D eigenvalue weighted by Crippen LogP contribution is 2.10. The number of hydrogen-bond acceptors (Lipinski definition) is 0. The number of unbranched alkanes of at least 4 members (excludes halogenated alkanes) is 4. The summed E-state index contributed by atoms with van der Waals surface area (Å²) in [4.78, 5) is 0. The van der Waals surface area contributed by atoms with Gasteiger partial charge in [-0.2, -0.15) is 0 Å². The molecule has 1 rings (SSSR count). The lowest BCUT2D eigenvalue weighted by Crippen LogP contribution is -2.10. The Morgan fingerprint density at radius 1 is 0.952 bits per heavy atom. The van der Waals surface area contributed by atoms with Gasteiger partial charge in [-0.15, -0.1) is 29.1 Å². The molecule has 2 unspecified atom stereocenters. The van der Waals surface area contributed by atoms with Crippen molar-refractivity contribution >= 4 is 23.2 Å². The van der Waals surface area contributed by atoms with Crippen LogP contribution in [-0.4, -0.2) is 10.8 Å². The van der Waals surface area contributed by atoms with E-state index < -0.39 is 10.8 Å². The van der Waals surface area contributed by atoms with E-state index in [2.05, 4.69) is 30.6 Å². The van der Waals surface area contributed by atoms with Gasteiger partial charge in [-0.1, -0.05) is 61.6 Å². The third kappa shape index (κ3) is 8.06. The summed E-state index contributed by atoms with van der Waals surface area (Å²) in [5.74, 6) is 12.1. The van der Waals surface area contributed by atoms with Crippen molar-refractivity contribution in [3.8, 4) is 23.7 Å². The molecule has 0 aliphatic heterocycles. The van der Waals surface area contributed by atoms with Crippen LogP contribution in [0.2, 0.25) is 0 Å². The van der Waals surface area contributed by atoms with Gasteiger partial charge in [-0.05, 0) is 25.5 Å². The van der Waals surface area contributed by atoms with Crippen LogP contribution in [0, 0.1) is 30.6 Å². The summed E-state index contributed by atoms with van der Waals surface area (Å²) in [6.07, 6.45) is 5.76. The Kier molecular flexibility index (Phi) is 9.09. The molecule has 0 aliphatic rings. The van der Waals surface area contributed by atoms with Crippen molar-refractivity contribution in [2.24, 2.45) is 0 Å². The molecule has 0 saturated carbocycles. The topological polar surface area (TPSA) is 0 Å². The second-order valence-electron chi connectivity index (χ2n) is 5.07. The summed E-state index contributed by atoms with van der Waals surface area (Å²) in [6, 6.07) is 8.02. The zero-order valence-electron chi connectivity index (χ0n) is 12.8. The number of benzene rings is 1. The quantitative estimate of drug-likeness (QED) is 0.380. The molecule has 0 aromatic heterocycles. The first-order chi connectivity index (χ1) is 10.1. The van der Waals surface area contributed by atoms with Crippen LogP contribution >= 0.6 is 23.2 Å². The molecule has 0 N–H and O–H groups in total. The number of alkyl halides is 2. The molecule has 0 fully saturated rings. The van der Waals surface area contributed by atoms with Crippen LogP contribution in [0.15, 0.2) is 24.3 Å². The summed E-state index contributed by atoms with van der Waals surface area (Å²) in [6.45, 7) is 4.25. The number of aryl methyl sites for hydroxylation is 1. The first kappa shape index (κ1) is 18.0. The zero-order chi connectivity index (χ0) is 15.5. The lowest BCUT2D eigenvalue weighted by molar-refractivity contribution is 0.679. The maximum absolute atomic E-state index is 6.17. The Morgan fingerprint density at radius 2 is 1.62 bits per heavy atom. The van der Waals surface area contributed by atoms with E-state index >= 15 is 0 Å². The molecule has 2 heteroatoms. The second kappa shape index (κ2) is 10.6. The number of rotatable bonds is 5. The van der Waals surface area contributed by atoms with Crippen LogP contribution in [0.25, 0.3) is 0 Å². The molecule has 0 spiro atoms. The van der Waals surface area contributed by atoms with E-state index in [0.717, 1.165) is 18.4 Å². The minimum atomic E-state index is -0.448. The summed E-state index contributed by atoms with van der Waals surface area (Å²) in [5.41, 5.74) is 2.16. The SMILES string of the molecule is CCCCCCC#CC(Cl)C(Cl)C#Cc1ccc(C)cc1. The lowest BCUT2D eigenvalue weighted by atomic mass is 10.1. The Morgan fingerprint density at radius 3 is 2.29 bits per heavy atom. The molecular formula is C19H22Cl2. The summed E-state index contributed by atoms with van der Waals surface area (Å²) in [7, 11) is 0. The summed E-state index contributed by atoms with van der Waals surface area (Å²) >= 11 is 12.3. The predicted molar refractivity (Wildman–Crippen MR) is 93.9 cm³/mol. The molecule has 0 saturated heterocycles. The van der Waals surface area contributed by atoms with Crippen molar-refractivity contribution in [2.45, 2.75) is 56.7 Å². The van der Waals surface area contributed by atoms with Crippen LogP contribution in [0.3, 0.4) is 0 Å². The van der Waals surface area contributed by atoms with Crippen LogP contribution in [0.1, 0.15) is 50.2 Å². The van der Waals surface area contributed by atoms with Gasteiger partial charge < -0.3 is 0 Å². The molecule has 2 atom stereocenters. The first-order valence-electron chi connectivity index (χ1n) is 7.48. The van der Waals surface area contributed by atoms with E-state index in [0.29, 0.717) is 0 Å². The zero-order valence-corrected chi connectivity index (χ0v) is 14.3. The highest BCUT2D eigenvalue weighted by atomic mass is 35.5. The normalized spacial score (nSPS) is 12.6. The van der Waals surface area contributed by atoms with Gasteiger partial charge in [0.05, 0.1) is 0 Å². The highest BCUT2D eigenvalue weighted by Gasteiger charge is 2.10. The monoisotopic (exact) mass is 320 g/mol. The van der Waals surface area contributed by atoms with E-state index in [1.165, 1.54) is 24.8 Å². The molecule has 0 bridgehead atoms. The van der Waals surface area contributed by atoms with Crippen LogP contribution in [0.5, 0.6) is 0 Å².